The lowest BCUT2D eigenvalue weighted by atomic mass is 9.96. The fourth-order valence-electron chi connectivity index (χ4n) is 2.12. The molecule has 0 saturated heterocycles. The number of rotatable bonds is 5. The van der Waals surface area contributed by atoms with Crippen molar-refractivity contribution < 1.29 is 4.74 Å². The van der Waals surface area contributed by atoms with Crippen molar-refractivity contribution >= 4 is 23.2 Å². The van der Waals surface area contributed by atoms with Gasteiger partial charge in [-0.2, -0.15) is 0 Å². The summed E-state index contributed by atoms with van der Waals surface area (Å²) >= 11 is 12.0. The highest BCUT2D eigenvalue weighted by molar-refractivity contribution is 6.42. The summed E-state index contributed by atoms with van der Waals surface area (Å²) in [5.41, 5.74) is 8.30. The molecule has 0 radical (unpaired) electrons. The van der Waals surface area contributed by atoms with Crippen LogP contribution < -0.4 is 5.73 Å². The summed E-state index contributed by atoms with van der Waals surface area (Å²) in [4.78, 5) is 0. The van der Waals surface area contributed by atoms with Crippen molar-refractivity contribution in [3.05, 3.63) is 69.7 Å². The molecule has 4 heteroatoms. The summed E-state index contributed by atoms with van der Waals surface area (Å²) in [5.74, 6) is 0. The largest absolute Gasteiger partial charge is 0.372 e. The molecule has 2 nitrogen and oxygen atoms in total. The second kappa shape index (κ2) is 7.09. The van der Waals surface area contributed by atoms with Crippen LogP contribution in [0.15, 0.2) is 48.5 Å². The molecule has 2 aromatic carbocycles. The number of hydrogen-bond donors (Lipinski definition) is 1. The highest BCUT2D eigenvalue weighted by Crippen LogP contribution is 2.33. The first kappa shape index (κ1) is 15.3. The van der Waals surface area contributed by atoms with Gasteiger partial charge in [0, 0.05) is 6.61 Å². The zero-order valence-corrected chi connectivity index (χ0v) is 12.7. The van der Waals surface area contributed by atoms with Crippen LogP contribution in [0.1, 0.15) is 30.2 Å². The van der Waals surface area contributed by atoms with E-state index in [0.717, 1.165) is 11.1 Å². The lowest BCUT2D eigenvalue weighted by Gasteiger charge is -2.25. The second-order valence-corrected chi connectivity index (χ2v) is 5.30. The molecule has 0 saturated carbocycles. The normalized spacial score (nSPS) is 14.0. The van der Waals surface area contributed by atoms with Crippen molar-refractivity contribution in [3.63, 3.8) is 0 Å². The number of ether oxygens (including phenoxy) is 1. The van der Waals surface area contributed by atoms with Crippen LogP contribution in [-0.4, -0.2) is 6.61 Å². The molecule has 2 unspecified atom stereocenters. The molecular formula is C16H17Cl2NO. The van der Waals surface area contributed by atoms with Crippen LogP contribution in [0.5, 0.6) is 0 Å². The summed E-state index contributed by atoms with van der Waals surface area (Å²) in [6.07, 6.45) is -0.210. The van der Waals surface area contributed by atoms with E-state index in [1.807, 2.05) is 43.3 Å². The van der Waals surface area contributed by atoms with E-state index in [1.54, 1.807) is 12.1 Å². The van der Waals surface area contributed by atoms with Gasteiger partial charge in [0.15, 0.2) is 0 Å². The zero-order chi connectivity index (χ0) is 14.5. The first-order chi connectivity index (χ1) is 9.63. The topological polar surface area (TPSA) is 35.2 Å². The van der Waals surface area contributed by atoms with Gasteiger partial charge in [-0.3, -0.25) is 0 Å². The van der Waals surface area contributed by atoms with Crippen LogP contribution in [0.4, 0.5) is 0 Å². The van der Waals surface area contributed by atoms with E-state index in [9.17, 15) is 0 Å². The van der Waals surface area contributed by atoms with E-state index in [1.165, 1.54) is 0 Å². The van der Waals surface area contributed by atoms with Gasteiger partial charge in [0.05, 0.1) is 16.1 Å². The summed E-state index contributed by atoms with van der Waals surface area (Å²) in [6.45, 7) is 2.55. The molecule has 0 aliphatic carbocycles. The van der Waals surface area contributed by atoms with Crippen molar-refractivity contribution in [2.45, 2.75) is 19.1 Å². The maximum atomic E-state index is 6.35. The molecule has 0 spiro atoms. The van der Waals surface area contributed by atoms with E-state index in [0.29, 0.717) is 16.7 Å². The van der Waals surface area contributed by atoms with Crippen molar-refractivity contribution in [2.24, 2.45) is 5.73 Å². The smallest absolute Gasteiger partial charge is 0.102 e. The minimum Gasteiger partial charge on any atom is -0.372 e. The van der Waals surface area contributed by atoms with Gasteiger partial charge < -0.3 is 10.5 Å². The Morgan fingerprint density at radius 2 is 1.70 bits per heavy atom. The Hall–Kier alpha value is -1.06. The molecular weight excluding hydrogens is 293 g/mol. The highest BCUT2D eigenvalue weighted by atomic mass is 35.5. The van der Waals surface area contributed by atoms with Gasteiger partial charge in [0.25, 0.3) is 0 Å². The van der Waals surface area contributed by atoms with Gasteiger partial charge in [-0.15, -0.1) is 0 Å². The lowest BCUT2D eigenvalue weighted by Crippen LogP contribution is -2.22. The molecule has 2 atom stereocenters. The van der Waals surface area contributed by atoms with Crippen LogP contribution in [0.2, 0.25) is 10.0 Å². The Labute approximate surface area is 129 Å². The van der Waals surface area contributed by atoms with Crippen LogP contribution >= 0.6 is 23.2 Å². The third-order valence-corrected chi connectivity index (χ3v) is 3.87. The number of halogens is 2. The summed E-state index contributed by atoms with van der Waals surface area (Å²) in [5, 5.41) is 1.03. The molecule has 2 N–H and O–H groups in total. The summed E-state index contributed by atoms with van der Waals surface area (Å²) in [6, 6.07) is 15.1. The Kier molecular flexibility index (Phi) is 5.44. The lowest BCUT2D eigenvalue weighted by molar-refractivity contribution is 0.0429. The molecule has 2 rings (SSSR count). The quantitative estimate of drug-likeness (QED) is 0.863. The van der Waals surface area contributed by atoms with Gasteiger partial charge in [0.1, 0.15) is 6.10 Å². The highest BCUT2D eigenvalue weighted by Gasteiger charge is 2.22. The average Bonchev–Trinajstić information content (AvgIpc) is 2.48. The van der Waals surface area contributed by atoms with Crippen molar-refractivity contribution in [2.75, 3.05) is 6.61 Å². The fraction of sp³-hybridized carbons (Fsp3) is 0.250. The van der Waals surface area contributed by atoms with E-state index >= 15 is 0 Å². The SMILES string of the molecule is CCOC(c1ccccc1)C(N)c1ccc(Cl)c(Cl)c1. The first-order valence-corrected chi connectivity index (χ1v) is 7.26. The molecule has 0 fully saturated rings. The van der Waals surface area contributed by atoms with Gasteiger partial charge >= 0.3 is 0 Å². The van der Waals surface area contributed by atoms with Crippen molar-refractivity contribution in [3.8, 4) is 0 Å². The Morgan fingerprint density at radius 3 is 2.30 bits per heavy atom. The maximum absolute atomic E-state index is 6.35. The third-order valence-electron chi connectivity index (χ3n) is 3.13. The molecule has 106 valence electrons. The zero-order valence-electron chi connectivity index (χ0n) is 11.2. The minimum atomic E-state index is -0.299. The molecule has 0 aliphatic rings. The van der Waals surface area contributed by atoms with E-state index in [4.69, 9.17) is 33.7 Å². The number of benzene rings is 2. The third kappa shape index (κ3) is 3.53. The van der Waals surface area contributed by atoms with E-state index in [2.05, 4.69) is 0 Å². The molecule has 0 amide bonds. The van der Waals surface area contributed by atoms with Gasteiger partial charge in [0.2, 0.25) is 0 Å². The van der Waals surface area contributed by atoms with E-state index < -0.39 is 0 Å². The Balaban J connectivity index is 2.31. The summed E-state index contributed by atoms with van der Waals surface area (Å²) < 4.78 is 5.81. The van der Waals surface area contributed by atoms with Crippen molar-refractivity contribution in [1.82, 2.24) is 0 Å². The average molecular weight is 310 g/mol. The predicted molar refractivity (Wildman–Crippen MR) is 84.2 cm³/mol. The molecule has 0 bridgehead atoms. The number of nitrogens with two attached hydrogens (primary N) is 1. The van der Waals surface area contributed by atoms with Gasteiger partial charge in [-0.1, -0.05) is 59.6 Å². The Morgan fingerprint density at radius 1 is 1.00 bits per heavy atom. The molecule has 2 aromatic rings. The van der Waals surface area contributed by atoms with Gasteiger partial charge in [-0.05, 0) is 30.2 Å². The van der Waals surface area contributed by atoms with Crippen LogP contribution in [0.3, 0.4) is 0 Å². The maximum Gasteiger partial charge on any atom is 0.102 e. The second-order valence-electron chi connectivity index (χ2n) is 4.49. The molecule has 0 heterocycles. The monoisotopic (exact) mass is 309 g/mol. The van der Waals surface area contributed by atoms with Crippen LogP contribution in [0.25, 0.3) is 0 Å². The Bertz CT molecular complexity index is 560. The predicted octanol–water partition coefficient (Wildman–Crippen LogP) is 4.77. The van der Waals surface area contributed by atoms with Crippen molar-refractivity contribution in [1.29, 1.82) is 0 Å². The minimum absolute atomic E-state index is 0.210. The fourth-order valence-corrected chi connectivity index (χ4v) is 2.43. The van der Waals surface area contributed by atoms with Crippen LogP contribution in [-0.2, 0) is 4.74 Å². The molecule has 20 heavy (non-hydrogen) atoms. The van der Waals surface area contributed by atoms with E-state index in [-0.39, 0.29) is 12.1 Å². The number of hydrogen-bond acceptors (Lipinski definition) is 2. The summed E-state index contributed by atoms with van der Waals surface area (Å²) in [7, 11) is 0. The first-order valence-electron chi connectivity index (χ1n) is 6.50. The van der Waals surface area contributed by atoms with Crippen LogP contribution in [0, 0.1) is 0 Å². The van der Waals surface area contributed by atoms with Gasteiger partial charge in [-0.25, -0.2) is 0 Å². The standard InChI is InChI=1S/C16H17Cl2NO/c1-2-20-16(11-6-4-3-5-7-11)15(19)12-8-9-13(17)14(18)10-12/h3-10,15-16H,2,19H2,1H3. The molecule has 0 aliphatic heterocycles. The molecule has 0 aromatic heterocycles.